The van der Waals surface area contributed by atoms with E-state index in [4.69, 9.17) is 18.9 Å². The summed E-state index contributed by atoms with van der Waals surface area (Å²) < 4.78 is 35.5. The standard InChI is InChI=1S/C20H26O5S/c1-5-22-15-9-16(23-6-2)12-19(11-15)26(21)20-13-17(24-7-3)10-18(14-20)25-8-4/h9-14H,5-8H2,1-4H3. The van der Waals surface area contributed by atoms with E-state index in [2.05, 4.69) is 0 Å². The Hall–Kier alpha value is -2.21. The lowest BCUT2D eigenvalue weighted by molar-refractivity contribution is 0.321. The van der Waals surface area contributed by atoms with E-state index in [-0.39, 0.29) is 0 Å². The molecule has 0 aliphatic heterocycles. The van der Waals surface area contributed by atoms with Crippen LogP contribution in [0.25, 0.3) is 0 Å². The van der Waals surface area contributed by atoms with Crippen molar-refractivity contribution in [3.8, 4) is 23.0 Å². The van der Waals surface area contributed by atoms with Gasteiger partial charge in [0.05, 0.1) is 47.0 Å². The number of rotatable bonds is 10. The van der Waals surface area contributed by atoms with Crippen LogP contribution in [-0.4, -0.2) is 30.6 Å². The minimum Gasteiger partial charge on any atom is -0.494 e. The van der Waals surface area contributed by atoms with Gasteiger partial charge in [-0.2, -0.15) is 0 Å². The van der Waals surface area contributed by atoms with Gasteiger partial charge in [0, 0.05) is 12.1 Å². The molecule has 6 heteroatoms. The third-order valence-corrected chi connectivity index (χ3v) is 4.71. The molecule has 0 amide bonds. The first-order chi connectivity index (χ1) is 12.6. The van der Waals surface area contributed by atoms with Crippen molar-refractivity contribution in [2.45, 2.75) is 37.5 Å². The topological polar surface area (TPSA) is 54.0 Å². The molecule has 26 heavy (non-hydrogen) atoms. The lowest BCUT2D eigenvalue weighted by Crippen LogP contribution is -2.01. The Balaban J connectivity index is 2.43. The molecule has 5 nitrogen and oxygen atoms in total. The average molecular weight is 378 g/mol. The maximum Gasteiger partial charge on any atom is 0.124 e. The van der Waals surface area contributed by atoms with E-state index in [9.17, 15) is 4.21 Å². The number of hydrogen-bond acceptors (Lipinski definition) is 5. The zero-order chi connectivity index (χ0) is 18.9. The van der Waals surface area contributed by atoms with Gasteiger partial charge in [-0.1, -0.05) is 0 Å². The summed E-state index contributed by atoms with van der Waals surface area (Å²) in [6.07, 6.45) is 0. The van der Waals surface area contributed by atoms with Crippen molar-refractivity contribution in [2.75, 3.05) is 26.4 Å². The second-order valence-electron chi connectivity index (χ2n) is 5.28. The van der Waals surface area contributed by atoms with Crippen molar-refractivity contribution in [3.63, 3.8) is 0 Å². The predicted molar refractivity (Wildman–Crippen MR) is 102 cm³/mol. The largest absolute Gasteiger partial charge is 0.494 e. The third kappa shape index (κ3) is 5.39. The SMILES string of the molecule is CCOc1cc(OCC)cc(S(=O)c2cc(OCC)cc(OCC)c2)c1. The molecule has 2 aromatic carbocycles. The smallest absolute Gasteiger partial charge is 0.124 e. The summed E-state index contributed by atoms with van der Waals surface area (Å²) in [5, 5.41) is 0. The van der Waals surface area contributed by atoms with Gasteiger partial charge in [-0.3, -0.25) is 0 Å². The van der Waals surface area contributed by atoms with Crippen LogP contribution in [0.1, 0.15) is 27.7 Å². The summed E-state index contributed by atoms with van der Waals surface area (Å²) in [4.78, 5) is 1.21. The zero-order valence-corrected chi connectivity index (χ0v) is 16.6. The molecule has 0 saturated heterocycles. The molecule has 0 heterocycles. The second-order valence-corrected chi connectivity index (χ2v) is 6.76. The lowest BCUT2D eigenvalue weighted by Gasteiger charge is -2.13. The van der Waals surface area contributed by atoms with Gasteiger partial charge in [0.25, 0.3) is 0 Å². The van der Waals surface area contributed by atoms with Gasteiger partial charge in [0.15, 0.2) is 0 Å². The second kappa shape index (κ2) is 10.1. The lowest BCUT2D eigenvalue weighted by atomic mass is 10.3. The van der Waals surface area contributed by atoms with E-state index in [1.165, 1.54) is 0 Å². The molecule has 2 aromatic rings. The Kier molecular flexibility index (Phi) is 7.78. The maximum absolute atomic E-state index is 13.2. The summed E-state index contributed by atoms with van der Waals surface area (Å²) in [5.74, 6) is 2.53. The van der Waals surface area contributed by atoms with Gasteiger partial charge < -0.3 is 18.9 Å². The monoisotopic (exact) mass is 378 g/mol. The molecular formula is C20H26O5S. The van der Waals surface area contributed by atoms with Crippen molar-refractivity contribution in [2.24, 2.45) is 0 Å². The van der Waals surface area contributed by atoms with Crippen molar-refractivity contribution in [1.82, 2.24) is 0 Å². The van der Waals surface area contributed by atoms with Crippen LogP contribution >= 0.6 is 0 Å². The Bertz CT molecular complexity index is 635. The zero-order valence-electron chi connectivity index (χ0n) is 15.7. The maximum atomic E-state index is 13.2. The quantitative estimate of drug-likeness (QED) is 0.611. The van der Waals surface area contributed by atoms with E-state index >= 15 is 0 Å². The predicted octanol–water partition coefficient (Wildman–Crippen LogP) is 4.45. The van der Waals surface area contributed by atoms with Gasteiger partial charge in [-0.25, -0.2) is 4.21 Å². The Morgan fingerprint density at radius 2 is 0.846 bits per heavy atom. The molecule has 0 atom stereocenters. The van der Waals surface area contributed by atoms with Gasteiger partial charge in [-0.05, 0) is 52.0 Å². The van der Waals surface area contributed by atoms with E-state index < -0.39 is 10.8 Å². The minimum atomic E-state index is -1.42. The highest BCUT2D eigenvalue weighted by Gasteiger charge is 2.14. The van der Waals surface area contributed by atoms with E-state index in [1.807, 2.05) is 27.7 Å². The summed E-state index contributed by atoms with van der Waals surface area (Å²) >= 11 is 0. The van der Waals surface area contributed by atoms with E-state index in [1.54, 1.807) is 36.4 Å². The Morgan fingerprint density at radius 3 is 1.08 bits per heavy atom. The molecule has 2 rings (SSSR count). The number of benzene rings is 2. The summed E-state index contributed by atoms with van der Waals surface area (Å²) in [6.45, 7) is 9.72. The molecule has 0 unspecified atom stereocenters. The fourth-order valence-corrected chi connectivity index (χ4v) is 3.61. The first-order valence-corrected chi connectivity index (χ1v) is 9.99. The minimum absolute atomic E-state index is 0.524. The fraction of sp³-hybridized carbons (Fsp3) is 0.400. The molecular weight excluding hydrogens is 352 g/mol. The Morgan fingerprint density at radius 1 is 0.577 bits per heavy atom. The van der Waals surface area contributed by atoms with E-state index in [0.29, 0.717) is 59.2 Å². The molecule has 142 valence electrons. The van der Waals surface area contributed by atoms with Crippen molar-refractivity contribution in [1.29, 1.82) is 0 Å². The summed E-state index contributed by atoms with van der Waals surface area (Å²) in [7, 11) is -1.42. The van der Waals surface area contributed by atoms with Crippen molar-refractivity contribution < 1.29 is 23.2 Å². The average Bonchev–Trinajstić information content (AvgIpc) is 2.62. The molecule has 0 fully saturated rings. The van der Waals surface area contributed by atoms with Crippen LogP contribution in [0.2, 0.25) is 0 Å². The highest BCUT2D eigenvalue weighted by Crippen LogP contribution is 2.31. The molecule has 0 aromatic heterocycles. The summed E-state index contributed by atoms with van der Waals surface area (Å²) in [6, 6.07) is 10.7. The molecule has 0 spiro atoms. The fourth-order valence-electron chi connectivity index (χ4n) is 2.44. The van der Waals surface area contributed by atoms with Crippen LogP contribution < -0.4 is 18.9 Å². The van der Waals surface area contributed by atoms with Crippen LogP contribution in [0.5, 0.6) is 23.0 Å². The summed E-state index contributed by atoms with van der Waals surface area (Å²) in [5.41, 5.74) is 0. The van der Waals surface area contributed by atoms with Gasteiger partial charge in [-0.15, -0.1) is 0 Å². The molecule has 0 saturated carbocycles. The molecule has 0 radical (unpaired) electrons. The van der Waals surface area contributed by atoms with E-state index in [0.717, 1.165) is 0 Å². The van der Waals surface area contributed by atoms with Crippen LogP contribution in [-0.2, 0) is 10.8 Å². The van der Waals surface area contributed by atoms with Gasteiger partial charge in [0.2, 0.25) is 0 Å². The van der Waals surface area contributed by atoms with Crippen LogP contribution in [0, 0.1) is 0 Å². The number of ether oxygens (including phenoxy) is 4. The number of hydrogen-bond donors (Lipinski definition) is 0. The first kappa shape index (κ1) is 20.1. The third-order valence-electron chi connectivity index (χ3n) is 3.38. The van der Waals surface area contributed by atoms with Crippen molar-refractivity contribution >= 4 is 10.8 Å². The molecule has 0 aliphatic carbocycles. The molecule has 0 aliphatic rings. The molecule has 0 bridgehead atoms. The Labute approximate surface area is 157 Å². The highest BCUT2D eigenvalue weighted by atomic mass is 32.2. The first-order valence-electron chi connectivity index (χ1n) is 8.84. The van der Waals surface area contributed by atoms with Crippen molar-refractivity contribution in [3.05, 3.63) is 36.4 Å². The van der Waals surface area contributed by atoms with Gasteiger partial charge in [0.1, 0.15) is 23.0 Å². The van der Waals surface area contributed by atoms with Crippen LogP contribution in [0.4, 0.5) is 0 Å². The van der Waals surface area contributed by atoms with Gasteiger partial charge >= 0.3 is 0 Å². The molecule has 0 N–H and O–H groups in total. The normalized spacial score (nSPS) is 10.7. The van der Waals surface area contributed by atoms with Crippen LogP contribution in [0.15, 0.2) is 46.2 Å². The van der Waals surface area contributed by atoms with Crippen LogP contribution in [0.3, 0.4) is 0 Å². The highest BCUT2D eigenvalue weighted by molar-refractivity contribution is 7.85.